The minimum Gasteiger partial charge on any atom is -0.494 e. The summed E-state index contributed by atoms with van der Waals surface area (Å²) in [7, 11) is 0. The number of allylic oxidation sites excluding steroid dienone is 1. The number of aromatic hydroxyl groups is 2. The van der Waals surface area contributed by atoms with E-state index in [9.17, 15) is 20.1 Å². The molecule has 0 saturated carbocycles. The second-order valence-corrected chi connectivity index (χ2v) is 5.08. The van der Waals surface area contributed by atoms with E-state index in [0.29, 0.717) is 18.4 Å². The van der Waals surface area contributed by atoms with Crippen molar-refractivity contribution in [2.45, 2.75) is 45.1 Å². The third kappa shape index (κ3) is 2.26. The van der Waals surface area contributed by atoms with Crippen molar-refractivity contribution in [3.8, 4) is 11.8 Å². The average Bonchev–Trinajstić information content (AvgIpc) is 2.56. The Balaban J connectivity index is 2.59. The van der Waals surface area contributed by atoms with Gasteiger partial charge in [0, 0.05) is 16.7 Å². The van der Waals surface area contributed by atoms with E-state index < -0.39 is 12.0 Å². The number of hydrogen-bond donors (Lipinski definition) is 3. The molecule has 1 unspecified atom stereocenters. The highest BCUT2D eigenvalue weighted by Gasteiger charge is 2.30. The molecule has 1 atom stereocenters. The first-order valence-electron chi connectivity index (χ1n) is 6.48. The van der Waals surface area contributed by atoms with Crippen molar-refractivity contribution in [3.63, 3.8) is 0 Å². The van der Waals surface area contributed by atoms with Crippen molar-refractivity contribution in [1.29, 1.82) is 0 Å². The zero-order chi connectivity index (χ0) is 14.2. The van der Waals surface area contributed by atoms with Crippen LogP contribution < -0.4 is 0 Å². The largest absolute Gasteiger partial charge is 0.494 e. The molecule has 2 rings (SSSR count). The molecule has 19 heavy (non-hydrogen) atoms. The Morgan fingerprint density at radius 1 is 1.26 bits per heavy atom. The molecule has 3 N–H and O–H groups in total. The van der Waals surface area contributed by atoms with E-state index in [1.54, 1.807) is 0 Å². The number of rotatable bonds is 1. The highest BCUT2D eigenvalue weighted by molar-refractivity contribution is 5.97. The lowest BCUT2D eigenvalue weighted by atomic mass is 9.94. The molecule has 1 aromatic heterocycles. The van der Waals surface area contributed by atoms with Gasteiger partial charge in [0.2, 0.25) is 11.8 Å². The van der Waals surface area contributed by atoms with Gasteiger partial charge in [-0.1, -0.05) is 19.4 Å². The fourth-order valence-electron chi connectivity index (χ4n) is 2.55. The molecule has 104 valence electrons. The number of hydrogen-bond acceptors (Lipinski definition) is 4. The molecule has 1 aliphatic rings. The van der Waals surface area contributed by atoms with Gasteiger partial charge in [0.15, 0.2) is 0 Å². The van der Waals surface area contributed by atoms with Crippen molar-refractivity contribution in [1.82, 2.24) is 4.57 Å². The van der Waals surface area contributed by atoms with Crippen LogP contribution >= 0.6 is 0 Å². The fraction of sp³-hybridized carbons (Fsp3) is 0.500. The topological polar surface area (TPSA) is 82.7 Å². The Bertz CT molecular complexity index is 530. The maximum Gasteiger partial charge on any atom is 0.262 e. The van der Waals surface area contributed by atoms with Gasteiger partial charge in [-0.25, -0.2) is 4.57 Å². The van der Waals surface area contributed by atoms with Crippen LogP contribution in [-0.4, -0.2) is 25.8 Å². The van der Waals surface area contributed by atoms with Gasteiger partial charge < -0.3 is 15.3 Å². The van der Waals surface area contributed by atoms with Gasteiger partial charge >= 0.3 is 0 Å². The summed E-state index contributed by atoms with van der Waals surface area (Å²) in [5.74, 6) is -1.20. The van der Waals surface area contributed by atoms with Crippen LogP contribution in [0.4, 0.5) is 0 Å². The molecule has 5 nitrogen and oxygen atoms in total. The van der Waals surface area contributed by atoms with E-state index in [2.05, 4.69) is 6.58 Å². The molecule has 1 heterocycles. The number of aliphatic hydroxyl groups is 1. The molecule has 0 spiro atoms. The third-order valence-electron chi connectivity index (χ3n) is 3.57. The fourth-order valence-corrected chi connectivity index (χ4v) is 2.55. The van der Waals surface area contributed by atoms with Crippen molar-refractivity contribution < 1.29 is 20.1 Å². The molecule has 0 radical (unpaired) electrons. The molecule has 0 saturated heterocycles. The van der Waals surface area contributed by atoms with Gasteiger partial charge in [0.25, 0.3) is 5.91 Å². The maximum absolute atomic E-state index is 11.9. The van der Waals surface area contributed by atoms with Crippen molar-refractivity contribution in [2.24, 2.45) is 0 Å². The SMILES string of the molecule is C=C(C)C(=O)n1c(O)c2c(c1O)C(O)CCCCC2. The van der Waals surface area contributed by atoms with Gasteiger partial charge in [-0.05, 0) is 26.2 Å². The summed E-state index contributed by atoms with van der Waals surface area (Å²) in [5, 5.41) is 30.4. The highest BCUT2D eigenvalue weighted by Crippen LogP contribution is 2.41. The van der Waals surface area contributed by atoms with Crippen LogP contribution in [0.3, 0.4) is 0 Å². The van der Waals surface area contributed by atoms with Gasteiger partial charge in [0.1, 0.15) is 0 Å². The molecule has 5 heteroatoms. The van der Waals surface area contributed by atoms with Gasteiger partial charge in [-0.15, -0.1) is 0 Å². The first-order valence-corrected chi connectivity index (χ1v) is 6.48. The first-order chi connectivity index (χ1) is 8.95. The molecule has 1 aromatic rings. The molecule has 0 amide bonds. The van der Waals surface area contributed by atoms with Gasteiger partial charge in [-0.2, -0.15) is 0 Å². The Labute approximate surface area is 111 Å². The summed E-state index contributed by atoms with van der Waals surface area (Å²) in [6.07, 6.45) is 2.89. The first kappa shape index (κ1) is 13.7. The second kappa shape index (κ2) is 5.09. The number of aromatic nitrogens is 1. The minimum atomic E-state index is -0.847. The number of carbonyl (C=O) groups excluding carboxylic acids is 1. The summed E-state index contributed by atoms with van der Waals surface area (Å²) in [6, 6.07) is 0. The van der Waals surface area contributed by atoms with Crippen LogP contribution in [0.5, 0.6) is 11.8 Å². The molecule has 0 aromatic carbocycles. The van der Waals surface area contributed by atoms with E-state index in [1.165, 1.54) is 6.92 Å². The van der Waals surface area contributed by atoms with Crippen LogP contribution in [-0.2, 0) is 6.42 Å². The zero-order valence-corrected chi connectivity index (χ0v) is 11.0. The highest BCUT2D eigenvalue weighted by atomic mass is 16.3. The number of carbonyl (C=O) groups is 1. The Morgan fingerprint density at radius 3 is 2.58 bits per heavy atom. The van der Waals surface area contributed by atoms with Crippen LogP contribution in [0.15, 0.2) is 12.2 Å². The van der Waals surface area contributed by atoms with E-state index in [4.69, 9.17) is 0 Å². The quantitative estimate of drug-likeness (QED) is 0.680. The van der Waals surface area contributed by atoms with Gasteiger partial charge in [-0.3, -0.25) is 4.79 Å². The van der Waals surface area contributed by atoms with E-state index in [1.807, 2.05) is 0 Å². The van der Waals surface area contributed by atoms with Crippen LogP contribution in [0, 0.1) is 0 Å². The van der Waals surface area contributed by atoms with E-state index in [0.717, 1.165) is 23.8 Å². The summed E-state index contributed by atoms with van der Waals surface area (Å²) in [5.41, 5.74) is 0.967. The average molecular weight is 265 g/mol. The number of fused-ring (bicyclic) bond motifs is 1. The van der Waals surface area contributed by atoms with Crippen LogP contribution in [0.25, 0.3) is 0 Å². The summed E-state index contributed by atoms with van der Waals surface area (Å²) in [6.45, 7) is 5.03. The molecular formula is C14H19NO4. The van der Waals surface area contributed by atoms with Gasteiger partial charge in [0.05, 0.1) is 6.10 Å². The lowest BCUT2D eigenvalue weighted by Crippen LogP contribution is -2.10. The molecule has 0 aliphatic heterocycles. The number of aliphatic hydroxyl groups excluding tert-OH is 1. The Hall–Kier alpha value is -1.75. The van der Waals surface area contributed by atoms with Crippen molar-refractivity contribution in [3.05, 3.63) is 23.3 Å². The summed E-state index contributed by atoms with van der Waals surface area (Å²) in [4.78, 5) is 11.9. The summed E-state index contributed by atoms with van der Waals surface area (Å²) < 4.78 is 0.835. The monoisotopic (exact) mass is 265 g/mol. The standard InChI is InChI=1S/C14H19NO4/c1-8(2)12(17)15-13(18)9-6-4-3-5-7-10(16)11(9)14(15)19/h10,16,18-19H,1,3-7H2,2H3. The Kier molecular flexibility index (Phi) is 3.66. The lowest BCUT2D eigenvalue weighted by Gasteiger charge is -2.15. The summed E-state index contributed by atoms with van der Waals surface area (Å²) >= 11 is 0. The van der Waals surface area contributed by atoms with E-state index in [-0.39, 0.29) is 22.9 Å². The lowest BCUT2D eigenvalue weighted by molar-refractivity contribution is 0.0935. The molecular weight excluding hydrogens is 246 g/mol. The normalized spacial score (nSPS) is 19.4. The second-order valence-electron chi connectivity index (χ2n) is 5.08. The van der Waals surface area contributed by atoms with Crippen LogP contribution in [0.1, 0.15) is 54.6 Å². The smallest absolute Gasteiger partial charge is 0.262 e. The molecule has 1 aliphatic carbocycles. The Morgan fingerprint density at radius 2 is 1.95 bits per heavy atom. The number of nitrogens with zero attached hydrogens (tertiary/aromatic N) is 1. The predicted octanol–water partition coefficient (Wildman–Crippen LogP) is 2.27. The minimum absolute atomic E-state index is 0.211. The van der Waals surface area contributed by atoms with Crippen LogP contribution in [0.2, 0.25) is 0 Å². The maximum atomic E-state index is 11.9. The van der Waals surface area contributed by atoms with Crippen molar-refractivity contribution >= 4 is 5.91 Å². The van der Waals surface area contributed by atoms with E-state index >= 15 is 0 Å². The zero-order valence-electron chi connectivity index (χ0n) is 11.0. The third-order valence-corrected chi connectivity index (χ3v) is 3.57. The predicted molar refractivity (Wildman–Crippen MR) is 70.3 cm³/mol. The molecule has 0 fully saturated rings. The van der Waals surface area contributed by atoms with Crippen molar-refractivity contribution in [2.75, 3.05) is 0 Å². The molecule has 0 bridgehead atoms.